The minimum atomic E-state index is 0.312. The maximum absolute atomic E-state index is 12.5. The molecular formula is C20H26N2O2S. The molecular weight excluding hydrogens is 332 g/mol. The summed E-state index contributed by atoms with van der Waals surface area (Å²) in [7, 11) is 0. The maximum Gasteiger partial charge on any atom is 0.232 e. The molecule has 4 nitrogen and oxygen atoms in total. The molecule has 0 N–H and O–H groups in total. The van der Waals surface area contributed by atoms with Gasteiger partial charge in [-0.1, -0.05) is 31.4 Å². The molecule has 1 aliphatic heterocycles. The zero-order valence-electron chi connectivity index (χ0n) is 14.7. The average Bonchev–Trinajstić information content (AvgIpc) is 3.11. The summed E-state index contributed by atoms with van der Waals surface area (Å²) >= 11 is 1.88. The Kier molecular flexibility index (Phi) is 5.30. The van der Waals surface area contributed by atoms with E-state index in [-0.39, 0.29) is 0 Å². The zero-order valence-corrected chi connectivity index (χ0v) is 15.5. The zero-order chi connectivity index (χ0) is 17.1. The second kappa shape index (κ2) is 7.81. The summed E-state index contributed by atoms with van der Waals surface area (Å²) in [5, 5.41) is 0.704. The van der Waals surface area contributed by atoms with Gasteiger partial charge in [0.25, 0.3) is 0 Å². The lowest BCUT2D eigenvalue weighted by Gasteiger charge is -2.31. The van der Waals surface area contributed by atoms with Crippen LogP contribution in [0.3, 0.4) is 0 Å². The topological polar surface area (TPSA) is 46.3 Å². The first-order chi connectivity index (χ1) is 12.3. The number of amides is 1. The van der Waals surface area contributed by atoms with Gasteiger partial charge in [0.05, 0.1) is 5.75 Å². The Morgan fingerprint density at radius 2 is 1.88 bits per heavy atom. The molecule has 2 heterocycles. The van der Waals surface area contributed by atoms with Crippen LogP contribution in [0.15, 0.2) is 28.7 Å². The fraction of sp³-hybridized carbons (Fsp3) is 0.600. The van der Waals surface area contributed by atoms with Crippen molar-refractivity contribution >= 4 is 28.8 Å². The number of rotatable bonds is 4. The second-order valence-corrected chi connectivity index (χ2v) is 8.53. The van der Waals surface area contributed by atoms with Crippen molar-refractivity contribution in [2.45, 2.75) is 56.1 Å². The lowest BCUT2D eigenvalue weighted by atomic mass is 9.97. The normalized spacial score (nSPS) is 20.2. The molecule has 2 aliphatic rings. The maximum atomic E-state index is 12.5. The number of carbonyl (C=O) groups is 1. The number of thioether (sulfide) groups is 1. The molecule has 2 fully saturated rings. The standard InChI is InChI=1S/C20H26N2O2S/c23-19(14-25-16-6-2-1-3-7-16)22-12-10-15(11-13-22)20-21-17-8-4-5-9-18(17)24-20/h4-5,8-9,15-16H,1-3,6-7,10-14H2. The highest BCUT2D eigenvalue weighted by atomic mass is 32.2. The van der Waals surface area contributed by atoms with Gasteiger partial charge in [0.2, 0.25) is 5.91 Å². The molecule has 4 rings (SSSR count). The molecule has 134 valence electrons. The number of nitrogens with zero attached hydrogens (tertiary/aromatic N) is 2. The van der Waals surface area contributed by atoms with Crippen LogP contribution in [0.5, 0.6) is 0 Å². The highest BCUT2D eigenvalue weighted by Crippen LogP contribution is 2.31. The van der Waals surface area contributed by atoms with Crippen molar-refractivity contribution in [1.82, 2.24) is 9.88 Å². The summed E-state index contributed by atoms with van der Waals surface area (Å²) in [6, 6.07) is 7.92. The van der Waals surface area contributed by atoms with E-state index in [1.165, 1.54) is 32.1 Å². The highest BCUT2D eigenvalue weighted by molar-refractivity contribution is 8.00. The van der Waals surface area contributed by atoms with Crippen molar-refractivity contribution in [3.05, 3.63) is 30.2 Å². The van der Waals surface area contributed by atoms with Gasteiger partial charge in [0.1, 0.15) is 5.52 Å². The van der Waals surface area contributed by atoms with Gasteiger partial charge in [-0.3, -0.25) is 4.79 Å². The fourth-order valence-corrected chi connectivity index (χ4v) is 5.18. The van der Waals surface area contributed by atoms with Crippen molar-refractivity contribution in [1.29, 1.82) is 0 Å². The lowest BCUT2D eigenvalue weighted by molar-refractivity contribution is -0.129. The van der Waals surface area contributed by atoms with E-state index in [1.807, 2.05) is 40.9 Å². The number of oxazole rings is 1. The predicted molar refractivity (Wildman–Crippen MR) is 102 cm³/mol. The highest BCUT2D eigenvalue weighted by Gasteiger charge is 2.27. The third-order valence-corrected chi connectivity index (χ3v) is 6.86. The Bertz CT molecular complexity index is 682. The Balaban J connectivity index is 1.28. The molecule has 2 aromatic rings. The first-order valence-corrected chi connectivity index (χ1v) is 10.6. The van der Waals surface area contributed by atoms with E-state index in [0.29, 0.717) is 22.8 Å². The summed E-state index contributed by atoms with van der Waals surface area (Å²) in [4.78, 5) is 19.2. The van der Waals surface area contributed by atoms with Crippen molar-refractivity contribution in [3.8, 4) is 0 Å². The Hall–Kier alpha value is -1.49. The van der Waals surface area contributed by atoms with E-state index in [0.717, 1.165) is 42.9 Å². The fourth-order valence-electron chi connectivity index (χ4n) is 3.95. The van der Waals surface area contributed by atoms with Gasteiger partial charge in [-0.05, 0) is 37.8 Å². The molecule has 0 unspecified atom stereocenters. The number of para-hydroxylation sites is 2. The number of likely N-dealkylation sites (tertiary alicyclic amines) is 1. The average molecular weight is 359 g/mol. The van der Waals surface area contributed by atoms with Crippen molar-refractivity contribution in [2.75, 3.05) is 18.8 Å². The molecule has 1 saturated carbocycles. The summed E-state index contributed by atoms with van der Waals surface area (Å²) in [6.07, 6.45) is 8.52. The first kappa shape index (κ1) is 17.0. The number of piperidine rings is 1. The van der Waals surface area contributed by atoms with Crippen LogP contribution < -0.4 is 0 Å². The molecule has 1 amide bonds. The third-order valence-electron chi connectivity index (χ3n) is 5.50. The smallest absolute Gasteiger partial charge is 0.232 e. The third kappa shape index (κ3) is 4.02. The summed E-state index contributed by atoms with van der Waals surface area (Å²) in [5.74, 6) is 2.14. The quantitative estimate of drug-likeness (QED) is 0.801. The predicted octanol–water partition coefficient (Wildman–Crippen LogP) is 4.60. The van der Waals surface area contributed by atoms with Crippen LogP contribution in [0, 0.1) is 0 Å². The number of fused-ring (bicyclic) bond motifs is 1. The Morgan fingerprint density at radius 3 is 2.64 bits per heavy atom. The summed E-state index contributed by atoms with van der Waals surface area (Å²) in [5.41, 5.74) is 1.79. The molecule has 1 saturated heterocycles. The van der Waals surface area contributed by atoms with Crippen LogP contribution in [0.4, 0.5) is 0 Å². The van der Waals surface area contributed by atoms with Crippen molar-refractivity contribution in [3.63, 3.8) is 0 Å². The van der Waals surface area contributed by atoms with Gasteiger partial charge >= 0.3 is 0 Å². The lowest BCUT2D eigenvalue weighted by Crippen LogP contribution is -2.39. The minimum Gasteiger partial charge on any atom is -0.440 e. The molecule has 0 radical (unpaired) electrons. The van der Waals surface area contributed by atoms with E-state index in [4.69, 9.17) is 4.42 Å². The minimum absolute atomic E-state index is 0.312. The van der Waals surface area contributed by atoms with E-state index >= 15 is 0 Å². The van der Waals surface area contributed by atoms with Gasteiger partial charge < -0.3 is 9.32 Å². The molecule has 0 atom stereocenters. The van der Waals surface area contributed by atoms with E-state index in [1.54, 1.807) is 0 Å². The monoisotopic (exact) mass is 358 g/mol. The molecule has 1 aliphatic carbocycles. The van der Waals surface area contributed by atoms with Crippen LogP contribution in [-0.4, -0.2) is 39.9 Å². The van der Waals surface area contributed by atoms with Crippen LogP contribution in [0.25, 0.3) is 11.1 Å². The van der Waals surface area contributed by atoms with Crippen LogP contribution in [0.2, 0.25) is 0 Å². The number of aromatic nitrogens is 1. The van der Waals surface area contributed by atoms with Crippen LogP contribution in [0.1, 0.15) is 56.8 Å². The molecule has 0 bridgehead atoms. The Morgan fingerprint density at radius 1 is 1.12 bits per heavy atom. The number of carbonyl (C=O) groups excluding carboxylic acids is 1. The van der Waals surface area contributed by atoms with Gasteiger partial charge in [-0.25, -0.2) is 4.98 Å². The van der Waals surface area contributed by atoms with Gasteiger partial charge in [0.15, 0.2) is 11.5 Å². The number of hydrogen-bond donors (Lipinski definition) is 0. The molecule has 5 heteroatoms. The van der Waals surface area contributed by atoms with E-state index in [2.05, 4.69) is 4.98 Å². The molecule has 1 aromatic carbocycles. The van der Waals surface area contributed by atoms with Gasteiger partial charge in [0, 0.05) is 24.3 Å². The summed E-state index contributed by atoms with van der Waals surface area (Å²) in [6.45, 7) is 1.65. The summed E-state index contributed by atoms with van der Waals surface area (Å²) < 4.78 is 5.91. The molecule has 25 heavy (non-hydrogen) atoms. The van der Waals surface area contributed by atoms with Crippen LogP contribution >= 0.6 is 11.8 Å². The van der Waals surface area contributed by atoms with Crippen LogP contribution in [-0.2, 0) is 4.79 Å². The second-order valence-electron chi connectivity index (χ2n) is 7.25. The van der Waals surface area contributed by atoms with Gasteiger partial charge in [-0.15, -0.1) is 11.8 Å². The van der Waals surface area contributed by atoms with Crippen molar-refractivity contribution in [2.24, 2.45) is 0 Å². The largest absolute Gasteiger partial charge is 0.440 e. The SMILES string of the molecule is O=C(CSC1CCCCC1)N1CCC(c2nc3ccccc3o2)CC1. The van der Waals surface area contributed by atoms with Gasteiger partial charge in [-0.2, -0.15) is 0 Å². The first-order valence-electron chi connectivity index (χ1n) is 9.54. The number of hydrogen-bond acceptors (Lipinski definition) is 4. The number of benzene rings is 1. The molecule has 0 spiro atoms. The van der Waals surface area contributed by atoms with E-state index in [9.17, 15) is 4.79 Å². The van der Waals surface area contributed by atoms with Crippen molar-refractivity contribution < 1.29 is 9.21 Å². The van der Waals surface area contributed by atoms with E-state index < -0.39 is 0 Å². The Labute approximate surface area is 153 Å². The molecule has 1 aromatic heterocycles.